The second kappa shape index (κ2) is 9.00. The number of hydrogen-bond donors (Lipinski definition) is 0. The first-order chi connectivity index (χ1) is 6.70. The zero-order valence-electron chi connectivity index (χ0n) is 8.50. The predicted molar refractivity (Wildman–Crippen MR) is 55.4 cm³/mol. The van der Waals surface area contributed by atoms with Gasteiger partial charge in [0.1, 0.15) is 6.29 Å². The first-order valence-corrected chi connectivity index (χ1v) is 5.39. The maximum atomic E-state index is 10.9. The normalized spacial score (nSPS) is 12.1. The van der Waals surface area contributed by atoms with E-state index in [1.165, 1.54) is 0 Å². The number of halogens is 1. The minimum absolute atomic E-state index is 0.148. The van der Waals surface area contributed by atoms with Crippen LogP contribution in [0.4, 0.5) is 0 Å². The molecule has 1 unspecified atom stereocenters. The van der Waals surface area contributed by atoms with Gasteiger partial charge < -0.3 is 9.53 Å². The van der Waals surface area contributed by atoms with Crippen molar-refractivity contribution in [3.05, 3.63) is 0 Å². The van der Waals surface area contributed by atoms with Gasteiger partial charge in [-0.1, -0.05) is 12.8 Å². The smallest absolute Gasteiger partial charge is 0.305 e. The van der Waals surface area contributed by atoms with Crippen LogP contribution in [-0.4, -0.2) is 24.2 Å². The molecule has 0 aromatic heterocycles. The van der Waals surface area contributed by atoms with Crippen molar-refractivity contribution < 1.29 is 14.3 Å². The van der Waals surface area contributed by atoms with Crippen LogP contribution in [0.1, 0.15) is 39.0 Å². The quantitative estimate of drug-likeness (QED) is 0.273. The van der Waals surface area contributed by atoms with Crippen molar-refractivity contribution in [2.75, 3.05) is 6.61 Å². The highest BCUT2D eigenvalue weighted by Gasteiger charge is 2.03. The lowest BCUT2D eigenvalue weighted by atomic mass is 10.1. The summed E-state index contributed by atoms with van der Waals surface area (Å²) in [5.74, 6) is -0.148. The third kappa shape index (κ3) is 8.05. The molecule has 0 bridgehead atoms. The van der Waals surface area contributed by atoms with Gasteiger partial charge in [-0.3, -0.25) is 4.79 Å². The van der Waals surface area contributed by atoms with Gasteiger partial charge >= 0.3 is 5.97 Å². The third-order valence-corrected chi connectivity index (χ3v) is 2.13. The lowest BCUT2D eigenvalue weighted by Gasteiger charge is -2.02. The van der Waals surface area contributed by atoms with Gasteiger partial charge in [0.05, 0.1) is 12.0 Å². The zero-order valence-corrected chi connectivity index (χ0v) is 9.26. The number of unbranched alkanes of at least 4 members (excludes halogenated alkanes) is 2. The number of hydrogen-bond acceptors (Lipinski definition) is 3. The Balaban J connectivity index is 3.21. The average molecular weight is 221 g/mol. The Kier molecular flexibility index (Phi) is 8.64. The molecule has 0 aromatic rings. The molecule has 0 fully saturated rings. The molecular weight excluding hydrogens is 204 g/mol. The van der Waals surface area contributed by atoms with Crippen molar-refractivity contribution in [2.24, 2.45) is 0 Å². The summed E-state index contributed by atoms with van der Waals surface area (Å²) in [6.45, 7) is 2.23. The van der Waals surface area contributed by atoms with Crippen molar-refractivity contribution in [2.45, 2.75) is 44.4 Å². The molecule has 0 amide bonds. The predicted octanol–water partition coefficient (Wildman–Crippen LogP) is 2.31. The lowest BCUT2D eigenvalue weighted by molar-refractivity contribution is -0.143. The summed E-state index contributed by atoms with van der Waals surface area (Å²) in [5.41, 5.74) is 0. The van der Waals surface area contributed by atoms with Gasteiger partial charge in [0.15, 0.2) is 0 Å². The molecule has 1 atom stereocenters. The molecule has 0 radical (unpaired) electrons. The second-order valence-corrected chi connectivity index (χ2v) is 3.62. The molecule has 0 aliphatic heterocycles. The number of esters is 1. The fourth-order valence-electron chi connectivity index (χ4n) is 1.09. The molecule has 82 valence electrons. The molecule has 0 spiro atoms. The Morgan fingerprint density at radius 3 is 2.71 bits per heavy atom. The average Bonchev–Trinajstić information content (AvgIpc) is 2.17. The summed E-state index contributed by atoms with van der Waals surface area (Å²) in [7, 11) is 0. The first-order valence-electron chi connectivity index (χ1n) is 4.95. The Hall–Kier alpha value is -0.570. The number of rotatable bonds is 8. The summed E-state index contributed by atoms with van der Waals surface area (Å²) in [4.78, 5) is 21.0. The van der Waals surface area contributed by atoms with E-state index in [4.69, 9.17) is 16.3 Å². The van der Waals surface area contributed by atoms with Gasteiger partial charge in [-0.05, 0) is 19.8 Å². The van der Waals surface area contributed by atoms with Crippen molar-refractivity contribution in [3.63, 3.8) is 0 Å². The molecule has 0 aliphatic rings. The Morgan fingerprint density at radius 2 is 2.14 bits per heavy atom. The number of alkyl halides is 1. The Bertz CT molecular complexity index is 171. The van der Waals surface area contributed by atoms with Crippen LogP contribution in [0.15, 0.2) is 0 Å². The van der Waals surface area contributed by atoms with E-state index in [1.54, 1.807) is 6.92 Å². The second-order valence-electron chi connectivity index (χ2n) is 3.06. The molecule has 0 heterocycles. The van der Waals surface area contributed by atoms with Crippen LogP contribution in [0.2, 0.25) is 0 Å². The number of ether oxygens (including phenoxy) is 1. The van der Waals surface area contributed by atoms with Crippen LogP contribution in [0.25, 0.3) is 0 Å². The third-order valence-electron chi connectivity index (χ3n) is 1.81. The summed E-state index contributed by atoms with van der Waals surface area (Å²) < 4.78 is 4.77. The summed E-state index contributed by atoms with van der Waals surface area (Å²) in [6, 6.07) is 0. The van der Waals surface area contributed by atoms with Crippen molar-refractivity contribution >= 4 is 23.9 Å². The van der Waals surface area contributed by atoms with Crippen molar-refractivity contribution in [1.82, 2.24) is 0 Å². The van der Waals surface area contributed by atoms with Gasteiger partial charge in [-0.2, -0.15) is 0 Å². The van der Waals surface area contributed by atoms with Crippen LogP contribution in [0, 0.1) is 0 Å². The van der Waals surface area contributed by atoms with E-state index in [0.29, 0.717) is 19.4 Å². The molecular formula is C10H17ClO3. The standard InChI is InChI=1S/C10H17ClO3/c1-2-14-10(13)7-5-3-4-6-9(11)8-12/h8-9H,2-7H2,1H3. The Morgan fingerprint density at radius 1 is 1.43 bits per heavy atom. The fourth-order valence-corrected chi connectivity index (χ4v) is 1.24. The summed E-state index contributed by atoms with van der Waals surface area (Å²) in [6.07, 6.45) is 4.49. The van der Waals surface area contributed by atoms with E-state index in [2.05, 4.69) is 0 Å². The van der Waals surface area contributed by atoms with E-state index in [9.17, 15) is 9.59 Å². The van der Waals surface area contributed by atoms with Crippen LogP contribution in [0.3, 0.4) is 0 Å². The lowest BCUT2D eigenvalue weighted by Crippen LogP contribution is -2.03. The van der Waals surface area contributed by atoms with E-state index in [0.717, 1.165) is 25.5 Å². The van der Waals surface area contributed by atoms with Gasteiger partial charge in [0.2, 0.25) is 0 Å². The molecule has 0 N–H and O–H groups in total. The SMILES string of the molecule is CCOC(=O)CCCCCC(Cl)C=O. The highest BCUT2D eigenvalue weighted by atomic mass is 35.5. The van der Waals surface area contributed by atoms with Crippen LogP contribution in [0.5, 0.6) is 0 Å². The van der Waals surface area contributed by atoms with Gasteiger partial charge in [-0.25, -0.2) is 0 Å². The number of carbonyl (C=O) groups is 2. The molecule has 0 aliphatic carbocycles. The van der Waals surface area contributed by atoms with Crippen LogP contribution >= 0.6 is 11.6 Å². The Labute approximate surface area is 89.8 Å². The van der Waals surface area contributed by atoms with E-state index < -0.39 is 0 Å². The van der Waals surface area contributed by atoms with E-state index in [1.807, 2.05) is 0 Å². The largest absolute Gasteiger partial charge is 0.466 e. The zero-order chi connectivity index (χ0) is 10.8. The van der Waals surface area contributed by atoms with Crippen LogP contribution < -0.4 is 0 Å². The first kappa shape index (κ1) is 13.4. The number of aldehydes is 1. The summed E-state index contributed by atoms with van der Waals surface area (Å²) >= 11 is 5.60. The minimum atomic E-state index is -0.377. The molecule has 3 nitrogen and oxygen atoms in total. The number of carbonyl (C=O) groups excluding carboxylic acids is 2. The molecule has 0 aromatic carbocycles. The van der Waals surface area contributed by atoms with Crippen molar-refractivity contribution in [3.8, 4) is 0 Å². The maximum Gasteiger partial charge on any atom is 0.305 e. The minimum Gasteiger partial charge on any atom is -0.466 e. The fraction of sp³-hybridized carbons (Fsp3) is 0.800. The molecule has 0 saturated carbocycles. The highest BCUT2D eigenvalue weighted by Crippen LogP contribution is 2.08. The maximum absolute atomic E-state index is 10.9. The molecule has 14 heavy (non-hydrogen) atoms. The summed E-state index contributed by atoms with van der Waals surface area (Å²) in [5, 5.41) is -0.377. The topological polar surface area (TPSA) is 43.4 Å². The van der Waals surface area contributed by atoms with Gasteiger partial charge in [0.25, 0.3) is 0 Å². The molecule has 4 heteroatoms. The van der Waals surface area contributed by atoms with Gasteiger partial charge in [0, 0.05) is 6.42 Å². The van der Waals surface area contributed by atoms with Crippen molar-refractivity contribution in [1.29, 1.82) is 0 Å². The van der Waals surface area contributed by atoms with Crippen LogP contribution in [-0.2, 0) is 14.3 Å². The van der Waals surface area contributed by atoms with E-state index >= 15 is 0 Å². The van der Waals surface area contributed by atoms with Gasteiger partial charge in [-0.15, -0.1) is 11.6 Å². The molecule has 0 rings (SSSR count). The monoisotopic (exact) mass is 220 g/mol. The highest BCUT2D eigenvalue weighted by molar-refractivity contribution is 6.27. The molecule has 0 saturated heterocycles. The van der Waals surface area contributed by atoms with E-state index in [-0.39, 0.29) is 11.3 Å².